The second-order valence-electron chi connectivity index (χ2n) is 5.69. The molecule has 2 aromatic heterocycles. The van der Waals surface area contributed by atoms with E-state index in [0.29, 0.717) is 22.7 Å². The van der Waals surface area contributed by atoms with Crippen molar-refractivity contribution in [3.05, 3.63) is 47.9 Å². The SMILES string of the molecule is Cc1onc(-c2ccccc2)c1C(=O)Nc1cnn2c1NCCC2. The minimum Gasteiger partial charge on any atom is -0.368 e. The normalized spacial score (nSPS) is 13.2. The molecule has 1 amide bonds. The molecule has 0 fully saturated rings. The number of carbonyl (C=O) groups is 1. The van der Waals surface area contributed by atoms with Crippen molar-refractivity contribution in [1.29, 1.82) is 0 Å². The van der Waals surface area contributed by atoms with Crippen LogP contribution in [0.4, 0.5) is 11.5 Å². The van der Waals surface area contributed by atoms with Gasteiger partial charge in [-0.15, -0.1) is 0 Å². The van der Waals surface area contributed by atoms with Gasteiger partial charge >= 0.3 is 0 Å². The Morgan fingerprint density at radius 2 is 2.17 bits per heavy atom. The second-order valence-corrected chi connectivity index (χ2v) is 5.69. The lowest BCUT2D eigenvalue weighted by Gasteiger charge is -2.17. The number of aromatic nitrogens is 3. The molecule has 0 saturated heterocycles. The van der Waals surface area contributed by atoms with Gasteiger partial charge in [-0.25, -0.2) is 4.68 Å². The highest BCUT2D eigenvalue weighted by atomic mass is 16.5. The molecule has 0 atom stereocenters. The first kappa shape index (κ1) is 14.5. The van der Waals surface area contributed by atoms with E-state index >= 15 is 0 Å². The number of benzene rings is 1. The maximum atomic E-state index is 12.8. The Kier molecular flexibility index (Phi) is 3.53. The Labute approximate surface area is 138 Å². The van der Waals surface area contributed by atoms with Gasteiger partial charge in [0, 0.05) is 18.7 Å². The number of nitrogens with zero attached hydrogens (tertiary/aromatic N) is 3. The van der Waals surface area contributed by atoms with Crippen LogP contribution in [0, 0.1) is 6.92 Å². The van der Waals surface area contributed by atoms with Crippen LogP contribution in [0.15, 0.2) is 41.1 Å². The number of fused-ring (bicyclic) bond motifs is 1. The molecule has 1 aliphatic heterocycles. The van der Waals surface area contributed by atoms with Crippen LogP contribution in [-0.4, -0.2) is 27.4 Å². The minimum atomic E-state index is -0.254. The molecule has 24 heavy (non-hydrogen) atoms. The maximum absolute atomic E-state index is 12.8. The molecular weight excluding hydrogens is 306 g/mol. The van der Waals surface area contributed by atoms with E-state index in [9.17, 15) is 4.79 Å². The van der Waals surface area contributed by atoms with Gasteiger partial charge in [-0.3, -0.25) is 4.79 Å². The molecule has 2 N–H and O–H groups in total. The molecule has 3 heterocycles. The fourth-order valence-electron chi connectivity index (χ4n) is 2.89. The highest BCUT2D eigenvalue weighted by molar-refractivity contribution is 6.09. The van der Waals surface area contributed by atoms with Gasteiger partial charge in [0.05, 0.1) is 6.20 Å². The van der Waals surface area contributed by atoms with Crippen LogP contribution in [-0.2, 0) is 6.54 Å². The van der Waals surface area contributed by atoms with Gasteiger partial charge in [0.25, 0.3) is 5.91 Å². The highest BCUT2D eigenvalue weighted by Crippen LogP contribution is 2.28. The average molecular weight is 323 g/mol. The minimum absolute atomic E-state index is 0.254. The van der Waals surface area contributed by atoms with Gasteiger partial charge in [0.15, 0.2) is 0 Å². The summed E-state index contributed by atoms with van der Waals surface area (Å²) in [6.07, 6.45) is 2.68. The summed E-state index contributed by atoms with van der Waals surface area (Å²) >= 11 is 0. The van der Waals surface area contributed by atoms with Crippen molar-refractivity contribution >= 4 is 17.4 Å². The van der Waals surface area contributed by atoms with Crippen molar-refractivity contribution in [2.75, 3.05) is 17.2 Å². The fourth-order valence-corrected chi connectivity index (χ4v) is 2.89. The number of nitrogens with one attached hydrogen (secondary N) is 2. The Bertz CT molecular complexity index is 882. The van der Waals surface area contributed by atoms with E-state index in [0.717, 1.165) is 30.9 Å². The quantitative estimate of drug-likeness (QED) is 0.774. The van der Waals surface area contributed by atoms with Crippen molar-refractivity contribution in [2.45, 2.75) is 19.9 Å². The maximum Gasteiger partial charge on any atom is 0.261 e. The van der Waals surface area contributed by atoms with E-state index in [1.54, 1.807) is 13.1 Å². The van der Waals surface area contributed by atoms with E-state index in [4.69, 9.17) is 4.52 Å². The summed E-state index contributed by atoms with van der Waals surface area (Å²) in [4.78, 5) is 12.8. The number of anilines is 2. The van der Waals surface area contributed by atoms with Crippen LogP contribution >= 0.6 is 0 Å². The zero-order chi connectivity index (χ0) is 16.5. The van der Waals surface area contributed by atoms with Crippen LogP contribution in [0.25, 0.3) is 11.3 Å². The number of aryl methyl sites for hydroxylation is 2. The van der Waals surface area contributed by atoms with Crippen LogP contribution in [0.3, 0.4) is 0 Å². The Balaban J connectivity index is 1.66. The fraction of sp³-hybridized carbons (Fsp3) is 0.235. The Hall–Kier alpha value is -3.09. The number of amides is 1. The summed E-state index contributed by atoms with van der Waals surface area (Å²) in [5.74, 6) is 1.07. The first-order valence-electron chi connectivity index (χ1n) is 7.87. The lowest BCUT2D eigenvalue weighted by atomic mass is 10.1. The summed E-state index contributed by atoms with van der Waals surface area (Å²) in [6, 6.07) is 9.52. The summed E-state index contributed by atoms with van der Waals surface area (Å²) in [5.41, 5.74) is 2.49. The van der Waals surface area contributed by atoms with Gasteiger partial charge < -0.3 is 15.2 Å². The summed E-state index contributed by atoms with van der Waals surface area (Å²) < 4.78 is 7.11. The smallest absolute Gasteiger partial charge is 0.261 e. The van der Waals surface area contributed by atoms with Crippen LogP contribution in [0.2, 0.25) is 0 Å². The summed E-state index contributed by atoms with van der Waals surface area (Å²) in [6.45, 7) is 3.45. The lowest BCUT2D eigenvalue weighted by Crippen LogP contribution is -2.20. The third kappa shape index (κ3) is 2.44. The van der Waals surface area contributed by atoms with Crippen LogP contribution in [0.5, 0.6) is 0 Å². The summed E-state index contributed by atoms with van der Waals surface area (Å²) in [7, 11) is 0. The van der Waals surface area contributed by atoms with Gasteiger partial charge in [0.1, 0.15) is 28.5 Å². The van der Waals surface area contributed by atoms with Gasteiger partial charge in [-0.05, 0) is 13.3 Å². The zero-order valence-electron chi connectivity index (χ0n) is 13.2. The number of hydrogen-bond acceptors (Lipinski definition) is 5. The van der Waals surface area contributed by atoms with E-state index in [-0.39, 0.29) is 5.91 Å². The van der Waals surface area contributed by atoms with Crippen molar-refractivity contribution in [2.24, 2.45) is 0 Å². The predicted molar refractivity (Wildman–Crippen MR) is 90.0 cm³/mol. The average Bonchev–Trinajstić information content (AvgIpc) is 3.20. The standard InChI is InChI=1S/C17H17N5O2/c1-11-14(15(21-24-11)12-6-3-2-4-7-12)17(23)20-13-10-19-22-9-5-8-18-16(13)22/h2-4,6-7,10,18H,5,8-9H2,1H3,(H,20,23). The third-order valence-corrected chi connectivity index (χ3v) is 4.06. The molecule has 0 bridgehead atoms. The topological polar surface area (TPSA) is 85.0 Å². The molecule has 3 aromatic rings. The molecule has 122 valence electrons. The first-order chi connectivity index (χ1) is 11.7. The van der Waals surface area contributed by atoms with Crippen LogP contribution < -0.4 is 10.6 Å². The second kappa shape index (κ2) is 5.84. The van der Waals surface area contributed by atoms with Crippen molar-refractivity contribution in [3.8, 4) is 11.3 Å². The monoisotopic (exact) mass is 323 g/mol. The molecule has 7 nitrogen and oxygen atoms in total. The van der Waals surface area contributed by atoms with Gasteiger partial charge in [-0.2, -0.15) is 5.10 Å². The largest absolute Gasteiger partial charge is 0.368 e. The van der Waals surface area contributed by atoms with Crippen molar-refractivity contribution in [3.63, 3.8) is 0 Å². The molecule has 4 rings (SSSR count). The van der Waals surface area contributed by atoms with Crippen molar-refractivity contribution in [1.82, 2.24) is 14.9 Å². The number of carbonyl (C=O) groups excluding carboxylic acids is 1. The van der Waals surface area contributed by atoms with E-state index in [2.05, 4.69) is 20.9 Å². The molecule has 0 spiro atoms. The number of rotatable bonds is 3. The zero-order valence-corrected chi connectivity index (χ0v) is 13.2. The van der Waals surface area contributed by atoms with Crippen molar-refractivity contribution < 1.29 is 9.32 Å². The molecule has 1 aromatic carbocycles. The Morgan fingerprint density at radius 1 is 1.33 bits per heavy atom. The van der Waals surface area contributed by atoms with Crippen LogP contribution in [0.1, 0.15) is 22.5 Å². The molecule has 7 heteroatoms. The molecular formula is C17H17N5O2. The molecule has 0 unspecified atom stereocenters. The number of hydrogen-bond donors (Lipinski definition) is 2. The lowest BCUT2D eigenvalue weighted by molar-refractivity contribution is 0.102. The Morgan fingerprint density at radius 3 is 3.00 bits per heavy atom. The molecule has 0 radical (unpaired) electrons. The predicted octanol–water partition coefficient (Wildman–Crippen LogP) is 2.91. The van der Waals surface area contributed by atoms with E-state index in [1.807, 2.05) is 35.0 Å². The van der Waals surface area contributed by atoms with Gasteiger partial charge in [0.2, 0.25) is 0 Å². The van der Waals surface area contributed by atoms with E-state index < -0.39 is 0 Å². The molecule has 0 saturated carbocycles. The highest BCUT2D eigenvalue weighted by Gasteiger charge is 2.24. The van der Waals surface area contributed by atoms with E-state index in [1.165, 1.54) is 0 Å². The first-order valence-corrected chi connectivity index (χ1v) is 7.87. The van der Waals surface area contributed by atoms with Gasteiger partial charge in [-0.1, -0.05) is 35.5 Å². The third-order valence-electron chi connectivity index (χ3n) is 4.06. The summed E-state index contributed by atoms with van der Waals surface area (Å²) in [5, 5.41) is 14.5. The molecule has 1 aliphatic rings. The molecule has 0 aliphatic carbocycles.